The summed E-state index contributed by atoms with van der Waals surface area (Å²) < 4.78 is 7.08. The Morgan fingerprint density at radius 3 is 2.84 bits per heavy atom. The highest BCUT2D eigenvalue weighted by molar-refractivity contribution is 5.68. The molecule has 19 heavy (non-hydrogen) atoms. The van der Waals surface area contributed by atoms with Gasteiger partial charge in [-0.2, -0.15) is 0 Å². The third-order valence-electron chi connectivity index (χ3n) is 3.56. The molecule has 1 saturated heterocycles. The van der Waals surface area contributed by atoms with Gasteiger partial charge in [0.05, 0.1) is 18.3 Å². The molecular formula is C13H20N4O2. The highest BCUT2D eigenvalue weighted by Gasteiger charge is 2.35. The monoisotopic (exact) mass is 264 g/mol. The van der Waals surface area contributed by atoms with E-state index in [4.69, 9.17) is 4.74 Å². The lowest BCUT2D eigenvalue weighted by Gasteiger charge is -2.37. The summed E-state index contributed by atoms with van der Waals surface area (Å²) >= 11 is 0. The minimum atomic E-state index is -0.215. The first-order valence-corrected chi connectivity index (χ1v) is 6.97. The molecule has 1 aliphatic carbocycles. The molecule has 1 aromatic rings. The summed E-state index contributed by atoms with van der Waals surface area (Å²) in [7, 11) is 0. The van der Waals surface area contributed by atoms with E-state index in [1.807, 2.05) is 24.7 Å². The topological polar surface area (TPSA) is 60.2 Å². The van der Waals surface area contributed by atoms with Crippen LogP contribution in [0, 0.1) is 5.92 Å². The minimum absolute atomic E-state index is 0.215. The predicted octanol–water partition coefficient (Wildman–Crippen LogP) is 1.80. The molecule has 0 N–H and O–H groups in total. The summed E-state index contributed by atoms with van der Waals surface area (Å²) in [5.41, 5.74) is 1.10. The number of aromatic nitrogens is 3. The Morgan fingerprint density at radius 2 is 2.21 bits per heavy atom. The van der Waals surface area contributed by atoms with Crippen molar-refractivity contribution >= 4 is 6.09 Å². The highest BCUT2D eigenvalue weighted by Crippen LogP contribution is 2.39. The van der Waals surface area contributed by atoms with Crippen molar-refractivity contribution in [2.45, 2.75) is 38.6 Å². The van der Waals surface area contributed by atoms with Crippen molar-refractivity contribution in [3.63, 3.8) is 0 Å². The molecule has 1 aliphatic heterocycles. The Bertz CT molecular complexity index is 461. The molecule has 0 unspecified atom stereocenters. The van der Waals surface area contributed by atoms with Crippen LogP contribution in [0.25, 0.3) is 0 Å². The van der Waals surface area contributed by atoms with Gasteiger partial charge in [0.2, 0.25) is 0 Å². The van der Waals surface area contributed by atoms with Crippen LogP contribution < -0.4 is 0 Å². The van der Waals surface area contributed by atoms with E-state index in [0.717, 1.165) is 5.69 Å². The lowest BCUT2D eigenvalue weighted by Crippen LogP contribution is -2.51. The molecule has 104 valence electrons. The summed E-state index contributed by atoms with van der Waals surface area (Å²) in [6, 6.07) is 0.256. The van der Waals surface area contributed by atoms with Crippen molar-refractivity contribution in [3.05, 3.63) is 11.9 Å². The Morgan fingerprint density at radius 1 is 1.47 bits per heavy atom. The van der Waals surface area contributed by atoms with Gasteiger partial charge in [-0.05, 0) is 18.8 Å². The number of hydrogen-bond donors (Lipinski definition) is 0. The maximum absolute atomic E-state index is 11.7. The summed E-state index contributed by atoms with van der Waals surface area (Å²) in [4.78, 5) is 13.4. The SMILES string of the molecule is CC(C)COC(=O)N1CC(n2cc(C3CC3)nn2)C1. The summed E-state index contributed by atoms with van der Waals surface area (Å²) in [6.45, 7) is 5.88. The van der Waals surface area contributed by atoms with E-state index >= 15 is 0 Å². The summed E-state index contributed by atoms with van der Waals surface area (Å²) in [5.74, 6) is 0.998. The van der Waals surface area contributed by atoms with Gasteiger partial charge < -0.3 is 9.64 Å². The second kappa shape index (κ2) is 4.83. The Labute approximate surface area is 112 Å². The zero-order valence-electron chi connectivity index (χ0n) is 11.5. The van der Waals surface area contributed by atoms with Crippen LogP contribution in [0.5, 0.6) is 0 Å². The number of amides is 1. The summed E-state index contributed by atoms with van der Waals surface area (Å²) in [5, 5.41) is 8.34. The van der Waals surface area contributed by atoms with Crippen molar-refractivity contribution in [1.29, 1.82) is 0 Å². The number of likely N-dealkylation sites (tertiary alicyclic amines) is 1. The third kappa shape index (κ3) is 2.72. The maximum atomic E-state index is 11.7. The fourth-order valence-electron chi connectivity index (χ4n) is 2.14. The second-order valence-corrected chi connectivity index (χ2v) is 5.93. The van der Waals surface area contributed by atoms with Gasteiger partial charge >= 0.3 is 6.09 Å². The Hall–Kier alpha value is -1.59. The molecule has 1 amide bonds. The van der Waals surface area contributed by atoms with Crippen LogP contribution in [-0.4, -0.2) is 45.7 Å². The Balaban J connectivity index is 1.47. The van der Waals surface area contributed by atoms with Gasteiger partial charge in [0.1, 0.15) is 0 Å². The Kier molecular flexibility index (Phi) is 3.16. The molecule has 0 bridgehead atoms. The van der Waals surface area contributed by atoms with E-state index in [-0.39, 0.29) is 12.1 Å². The van der Waals surface area contributed by atoms with Crippen LogP contribution in [0.15, 0.2) is 6.20 Å². The number of carbonyl (C=O) groups excluding carboxylic acids is 1. The van der Waals surface area contributed by atoms with Crippen LogP contribution in [0.2, 0.25) is 0 Å². The normalized spacial score (nSPS) is 19.6. The van der Waals surface area contributed by atoms with Gasteiger partial charge in [-0.25, -0.2) is 9.48 Å². The average molecular weight is 264 g/mol. The molecule has 3 rings (SSSR count). The van der Waals surface area contributed by atoms with Gasteiger partial charge in [-0.3, -0.25) is 0 Å². The lowest BCUT2D eigenvalue weighted by molar-refractivity contribution is 0.0473. The maximum Gasteiger partial charge on any atom is 0.409 e. The van der Waals surface area contributed by atoms with Crippen LogP contribution in [0.1, 0.15) is 44.3 Å². The van der Waals surface area contributed by atoms with Crippen molar-refractivity contribution < 1.29 is 9.53 Å². The number of carbonyl (C=O) groups is 1. The first-order valence-electron chi connectivity index (χ1n) is 6.97. The number of ether oxygens (including phenoxy) is 1. The smallest absolute Gasteiger partial charge is 0.409 e. The average Bonchev–Trinajstić information content (AvgIpc) is 3.05. The molecule has 2 heterocycles. The number of rotatable bonds is 4. The minimum Gasteiger partial charge on any atom is -0.449 e. The fraction of sp³-hybridized carbons (Fsp3) is 0.769. The molecule has 1 saturated carbocycles. The quantitative estimate of drug-likeness (QED) is 0.832. The van der Waals surface area contributed by atoms with Crippen molar-refractivity contribution in [1.82, 2.24) is 19.9 Å². The fourth-order valence-corrected chi connectivity index (χ4v) is 2.14. The van der Waals surface area contributed by atoms with E-state index in [2.05, 4.69) is 10.3 Å². The van der Waals surface area contributed by atoms with E-state index in [1.54, 1.807) is 4.90 Å². The largest absolute Gasteiger partial charge is 0.449 e. The molecular weight excluding hydrogens is 244 g/mol. The van der Waals surface area contributed by atoms with E-state index in [1.165, 1.54) is 12.8 Å². The molecule has 0 radical (unpaired) electrons. The van der Waals surface area contributed by atoms with E-state index in [0.29, 0.717) is 31.5 Å². The second-order valence-electron chi connectivity index (χ2n) is 5.93. The molecule has 6 nitrogen and oxygen atoms in total. The van der Waals surface area contributed by atoms with Crippen molar-refractivity contribution in [2.24, 2.45) is 5.92 Å². The molecule has 6 heteroatoms. The number of nitrogens with zero attached hydrogens (tertiary/aromatic N) is 4. The molecule has 0 atom stereocenters. The number of hydrogen-bond acceptors (Lipinski definition) is 4. The molecule has 0 spiro atoms. The molecule has 2 fully saturated rings. The lowest BCUT2D eigenvalue weighted by atomic mass is 10.1. The van der Waals surface area contributed by atoms with Crippen LogP contribution in [0.3, 0.4) is 0 Å². The van der Waals surface area contributed by atoms with E-state index < -0.39 is 0 Å². The van der Waals surface area contributed by atoms with Gasteiger partial charge in [0.25, 0.3) is 0 Å². The van der Waals surface area contributed by atoms with Gasteiger partial charge in [0, 0.05) is 25.2 Å². The molecule has 0 aromatic carbocycles. The van der Waals surface area contributed by atoms with Crippen LogP contribution >= 0.6 is 0 Å². The zero-order valence-corrected chi connectivity index (χ0v) is 11.5. The van der Waals surface area contributed by atoms with Gasteiger partial charge in [0.15, 0.2) is 0 Å². The zero-order chi connectivity index (χ0) is 13.4. The van der Waals surface area contributed by atoms with Crippen molar-refractivity contribution in [3.8, 4) is 0 Å². The van der Waals surface area contributed by atoms with Crippen LogP contribution in [0.4, 0.5) is 4.79 Å². The van der Waals surface area contributed by atoms with Crippen LogP contribution in [-0.2, 0) is 4.74 Å². The van der Waals surface area contributed by atoms with E-state index in [9.17, 15) is 4.79 Å². The van der Waals surface area contributed by atoms with Gasteiger partial charge in [-0.15, -0.1) is 5.10 Å². The standard InChI is InChI=1S/C13H20N4O2/c1-9(2)8-19-13(18)16-5-11(6-16)17-7-12(14-15-17)10-3-4-10/h7,9-11H,3-6,8H2,1-2H3. The predicted molar refractivity (Wildman–Crippen MR) is 68.8 cm³/mol. The highest BCUT2D eigenvalue weighted by atomic mass is 16.6. The first kappa shape index (κ1) is 12.4. The molecule has 2 aliphatic rings. The van der Waals surface area contributed by atoms with Crippen molar-refractivity contribution in [2.75, 3.05) is 19.7 Å². The van der Waals surface area contributed by atoms with Gasteiger partial charge in [-0.1, -0.05) is 19.1 Å². The summed E-state index contributed by atoms with van der Waals surface area (Å²) in [6.07, 6.45) is 4.28. The first-order chi connectivity index (χ1) is 9.13. The third-order valence-corrected chi connectivity index (χ3v) is 3.56. The molecule has 1 aromatic heterocycles.